The van der Waals surface area contributed by atoms with Crippen molar-refractivity contribution in [1.29, 1.82) is 0 Å². The number of nitrogens with zero attached hydrogens (tertiary/aromatic N) is 2. The lowest BCUT2D eigenvalue weighted by molar-refractivity contribution is -0.209. The molecule has 0 aromatic carbocycles. The molecule has 1 amide bonds. The van der Waals surface area contributed by atoms with Gasteiger partial charge in [0.15, 0.2) is 0 Å². The fourth-order valence-corrected chi connectivity index (χ4v) is 3.89. The molecule has 1 spiro atoms. The van der Waals surface area contributed by atoms with Gasteiger partial charge in [-0.1, -0.05) is 0 Å². The zero-order valence-electron chi connectivity index (χ0n) is 13.7. The van der Waals surface area contributed by atoms with Crippen molar-refractivity contribution < 1.29 is 19.4 Å². The average molecular weight is 320 g/mol. The molecule has 2 atom stereocenters. The summed E-state index contributed by atoms with van der Waals surface area (Å²) in [6.07, 6.45) is 3.51. The molecule has 0 radical (unpaired) electrons. The van der Waals surface area contributed by atoms with Gasteiger partial charge in [-0.25, -0.2) is 0 Å². The van der Waals surface area contributed by atoms with E-state index in [0.717, 1.165) is 0 Å². The van der Waals surface area contributed by atoms with Gasteiger partial charge in [-0.2, -0.15) is 0 Å². The van der Waals surface area contributed by atoms with Crippen LogP contribution in [0.15, 0.2) is 18.3 Å². The van der Waals surface area contributed by atoms with Crippen LogP contribution in [-0.2, 0) is 16.6 Å². The van der Waals surface area contributed by atoms with Gasteiger partial charge in [0.2, 0.25) is 0 Å². The summed E-state index contributed by atoms with van der Waals surface area (Å²) in [4.78, 5) is 26.3. The Hall–Kier alpha value is -1.66. The maximum atomic E-state index is 12.4. The van der Waals surface area contributed by atoms with E-state index in [1.165, 1.54) is 0 Å². The first kappa shape index (κ1) is 16.2. The van der Waals surface area contributed by atoms with E-state index in [9.17, 15) is 14.7 Å². The Balaban J connectivity index is 1.64. The fourth-order valence-electron chi connectivity index (χ4n) is 3.89. The number of carbonyl (C=O) groups is 2. The van der Waals surface area contributed by atoms with Crippen LogP contribution in [0.1, 0.15) is 36.7 Å². The predicted octanol–water partition coefficient (Wildman–Crippen LogP) is 0.986. The number of aryl methyl sites for hydroxylation is 1. The van der Waals surface area contributed by atoms with E-state index in [2.05, 4.69) is 0 Å². The number of hydrogen-bond donors (Lipinski definition) is 1. The van der Waals surface area contributed by atoms with E-state index >= 15 is 0 Å². The van der Waals surface area contributed by atoms with E-state index < -0.39 is 11.7 Å². The Morgan fingerprint density at radius 3 is 2.61 bits per heavy atom. The normalized spacial score (nSPS) is 26.1. The monoisotopic (exact) mass is 320 g/mol. The lowest BCUT2D eigenvalue weighted by Gasteiger charge is -2.56. The van der Waals surface area contributed by atoms with Crippen molar-refractivity contribution in [3.8, 4) is 0 Å². The highest BCUT2D eigenvalue weighted by Crippen LogP contribution is 2.50. The number of Topliss-reactive ketones (excluding diaryl/α,β-unsaturated/α-hetero) is 1. The van der Waals surface area contributed by atoms with Crippen molar-refractivity contribution in [2.75, 3.05) is 19.7 Å². The SMILES string of the molecule is CCO[C@@H]1C[C@H](O)C12CCN(C(=O)C(=O)c1cccn1C)CC2. The Morgan fingerprint density at radius 2 is 2.09 bits per heavy atom. The number of hydrogen-bond acceptors (Lipinski definition) is 4. The predicted molar refractivity (Wildman–Crippen MR) is 84.0 cm³/mol. The van der Waals surface area contributed by atoms with Crippen LogP contribution in [0.5, 0.6) is 0 Å². The van der Waals surface area contributed by atoms with Crippen molar-refractivity contribution in [1.82, 2.24) is 9.47 Å². The Kier molecular flexibility index (Phi) is 4.29. The molecule has 1 aromatic heterocycles. The summed E-state index contributed by atoms with van der Waals surface area (Å²) in [6, 6.07) is 3.41. The highest BCUT2D eigenvalue weighted by molar-refractivity contribution is 6.42. The number of likely N-dealkylation sites (tertiary alicyclic amines) is 1. The molecule has 2 heterocycles. The summed E-state index contributed by atoms with van der Waals surface area (Å²) < 4.78 is 7.38. The molecule has 23 heavy (non-hydrogen) atoms. The van der Waals surface area contributed by atoms with Gasteiger partial charge < -0.3 is 19.3 Å². The second-order valence-corrected chi connectivity index (χ2v) is 6.55. The molecule has 6 nitrogen and oxygen atoms in total. The summed E-state index contributed by atoms with van der Waals surface area (Å²) >= 11 is 0. The molecule has 1 saturated carbocycles. The van der Waals surface area contributed by atoms with E-state index in [-0.39, 0.29) is 17.6 Å². The minimum Gasteiger partial charge on any atom is -0.392 e. The molecule has 6 heteroatoms. The number of carbonyl (C=O) groups excluding carboxylic acids is 2. The molecule has 1 aliphatic heterocycles. The van der Waals surface area contributed by atoms with Crippen molar-refractivity contribution in [2.45, 2.75) is 38.4 Å². The smallest absolute Gasteiger partial charge is 0.296 e. The van der Waals surface area contributed by atoms with Crippen LogP contribution in [0.25, 0.3) is 0 Å². The molecule has 126 valence electrons. The Bertz CT molecular complexity index is 599. The van der Waals surface area contributed by atoms with Gasteiger partial charge in [-0.15, -0.1) is 0 Å². The standard InChI is InChI=1S/C17H24N2O4/c1-3-23-14-11-13(20)17(14)6-9-19(10-7-17)16(22)15(21)12-5-4-8-18(12)2/h4-5,8,13-14,20H,3,6-7,9-11H2,1-2H3/t13-,14+/m0/s1. The maximum absolute atomic E-state index is 12.4. The molecule has 2 fully saturated rings. The van der Waals surface area contributed by atoms with Gasteiger partial charge in [0.25, 0.3) is 11.7 Å². The third-order valence-corrected chi connectivity index (χ3v) is 5.46. The number of amides is 1. The number of piperidine rings is 1. The van der Waals surface area contributed by atoms with Crippen molar-refractivity contribution in [2.24, 2.45) is 12.5 Å². The molecule has 1 aliphatic carbocycles. The van der Waals surface area contributed by atoms with Crippen molar-refractivity contribution in [3.05, 3.63) is 24.0 Å². The van der Waals surface area contributed by atoms with E-state index in [1.54, 1.807) is 34.8 Å². The third kappa shape index (κ3) is 2.60. The molecule has 3 rings (SSSR count). The summed E-state index contributed by atoms with van der Waals surface area (Å²) in [6.45, 7) is 3.58. The van der Waals surface area contributed by atoms with Gasteiger partial charge in [-0.3, -0.25) is 9.59 Å². The molecular weight excluding hydrogens is 296 g/mol. The molecular formula is C17H24N2O4. The summed E-state index contributed by atoms with van der Waals surface area (Å²) in [5.74, 6) is -0.924. The van der Waals surface area contributed by atoms with Crippen LogP contribution in [0, 0.1) is 5.41 Å². The number of aliphatic hydroxyl groups is 1. The third-order valence-electron chi connectivity index (χ3n) is 5.46. The van der Waals surface area contributed by atoms with E-state index in [1.807, 2.05) is 6.92 Å². The highest BCUT2D eigenvalue weighted by atomic mass is 16.5. The van der Waals surface area contributed by atoms with Crippen LogP contribution in [-0.4, -0.2) is 58.2 Å². The molecule has 0 unspecified atom stereocenters. The number of aliphatic hydroxyl groups excluding tert-OH is 1. The maximum Gasteiger partial charge on any atom is 0.296 e. The van der Waals surface area contributed by atoms with Crippen molar-refractivity contribution in [3.63, 3.8) is 0 Å². The average Bonchev–Trinajstić information content (AvgIpc) is 2.99. The van der Waals surface area contributed by atoms with Gasteiger partial charge >= 0.3 is 0 Å². The second-order valence-electron chi connectivity index (χ2n) is 6.55. The minimum atomic E-state index is -0.469. The van der Waals surface area contributed by atoms with Crippen LogP contribution >= 0.6 is 0 Å². The quantitative estimate of drug-likeness (QED) is 0.663. The first-order chi connectivity index (χ1) is 11.0. The fraction of sp³-hybridized carbons (Fsp3) is 0.647. The van der Waals surface area contributed by atoms with E-state index in [4.69, 9.17) is 4.74 Å². The Labute approximate surface area is 136 Å². The number of ether oxygens (including phenoxy) is 1. The van der Waals surface area contributed by atoms with Crippen LogP contribution in [0.4, 0.5) is 0 Å². The van der Waals surface area contributed by atoms with E-state index in [0.29, 0.717) is 44.7 Å². The summed E-state index contributed by atoms with van der Waals surface area (Å²) in [5.41, 5.74) is 0.173. The highest BCUT2D eigenvalue weighted by Gasteiger charge is 2.56. The van der Waals surface area contributed by atoms with Gasteiger partial charge in [0, 0.05) is 44.8 Å². The van der Waals surface area contributed by atoms with Gasteiger partial charge in [0.05, 0.1) is 17.9 Å². The minimum absolute atomic E-state index is 0.0725. The zero-order valence-corrected chi connectivity index (χ0v) is 13.7. The molecule has 0 bridgehead atoms. The van der Waals surface area contributed by atoms with Crippen LogP contribution in [0.2, 0.25) is 0 Å². The van der Waals surface area contributed by atoms with Crippen LogP contribution < -0.4 is 0 Å². The number of rotatable bonds is 4. The number of aromatic nitrogens is 1. The largest absolute Gasteiger partial charge is 0.392 e. The van der Waals surface area contributed by atoms with Gasteiger partial charge in [-0.05, 0) is 31.9 Å². The first-order valence-electron chi connectivity index (χ1n) is 8.24. The molecule has 1 aromatic rings. The summed E-state index contributed by atoms with van der Waals surface area (Å²) in [5, 5.41) is 10.2. The molecule has 1 saturated heterocycles. The van der Waals surface area contributed by atoms with Crippen LogP contribution in [0.3, 0.4) is 0 Å². The lowest BCUT2D eigenvalue weighted by Crippen LogP contribution is -2.63. The summed E-state index contributed by atoms with van der Waals surface area (Å²) in [7, 11) is 1.75. The van der Waals surface area contributed by atoms with Crippen molar-refractivity contribution >= 4 is 11.7 Å². The molecule has 1 N–H and O–H groups in total. The zero-order chi connectivity index (χ0) is 16.6. The van der Waals surface area contributed by atoms with Gasteiger partial charge in [0.1, 0.15) is 0 Å². The Morgan fingerprint density at radius 1 is 1.39 bits per heavy atom. The first-order valence-corrected chi connectivity index (χ1v) is 8.24. The molecule has 2 aliphatic rings. The lowest BCUT2D eigenvalue weighted by atomic mass is 9.58. The topological polar surface area (TPSA) is 71.8 Å². The number of ketones is 1. The second kappa shape index (κ2) is 6.09.